The van der Waals surface area contributed by atoms with Crippen LogP contribution in [0.25, 0.3) is 0 Å². The van der Waals surface area contributed by atoms with Gasteiger partial charge in [-0.1, -0.05) is 6.92 Å². The van der Waals surface area contributed by atoms with Crippen molar-refractivity contribution in [1.29, 1.82) is 0 Å². The summed E-state index contributed by atoms with van der Waals surface area (Å²) in [6.07, 6.45) is 2.75. The van der Waals surface area contributed by atoms with Crippen LogP contribution < -0.4 is 0 Å². The summed E-state index contributed by atoms with van der Waals surface area (Å²) in [6, 6.07) is 0. The molecule has 20 heavy (non-hydrogen) atoms. The van der Waals surface area contributed by atoms with E-state index in [2.05, 4.69) is 6.92 Å². The van der Waals surface area contributed by atoms with Crippen molar-refractivity contribution in [2.45, 2.75) is 33.1 Å². The van der Waals surface area contributed by atoms with E-state index in [1.165, 1.54) is 6.92 Å². The maximum Gasteiger partial charge on any atom is 0.282 e. The predicted molar refractivity (Wildman–Crippen MR) is 77.3 cm³/mol. The van der Waals surface area contributed by atoms with Crippen LogP contribution in [-0.4, -0.2) is 67.1 Å². The summed E-state index contributed by atoms with van der Waals surface area (Å²) in [5, 5.41) is 0. The van der Waals surface area contributed by atoms with Gasteiger partial charge >= 0.3 is 0 Å². The molecule has 2 rings (SSSR count). The van der Waals surface area contributed by atoms with Crippen molar-refractivity contribution in [1.82, 2.24) is 13.5 Å². The van der Waals surface area contributed by atoms with Crippen molar-refractivity contribution in [2.24, 2.45) is 5.92 Å². The molecule has 2 heterocycles. The first-order chi connectivity index (χ1) is 9.41. The molecule has 0 saturated carbocycles. The molecule has 2 aliphatic rings. The minimum absolute atomic E-state index is 0.0239. The standard InChI is InChI=1S/C13H25N3O3S/c1-12-5-3-7-16(11-12)20(18,19)15-8-4-6-14(9-10-15)13(2)17/h12H,3-11H2,1-2H3/t12-/m0/s1. The van der Waals surface area contributed by atoms with Crippen molar-refractivity contribution in [3.63, 3.8) is 0 Å². The lowest BCUT2D eigenvalue weighted by Gasteiger charge is -2.34. The number of carbonyl (C=O) groups excluding carboxylic acids is 1. The van der Waals surface area contributed by atoms with Crippen molar-refractivity contribution < 1.29 is 13.2 Å². The predicted octanol–water partition coefficient (Wildman–Crippen LogP) is 0.517. The lowest BCUT2D eigenvalue weighted by atomic mass is 10.0. The topological polar surface area (TPSA) is 60.9 Å². The molecule has 0 spiro atoms. The quantitative estimate of drug-likeness (QED) is 0.747. The Morgan fingerprint density at radius 3 is 2.35 bits per heavy atom. The Balaban J connectivity index is 2.04. The molecule has 1 amide bonds. The number of hydrogen-bond acceptors (Lipinski definition) is 3. The van der Waals surface area contributed by atoms with E-state index in [0.717, 1.165) is 12.8 Å². The molecule has 0 aromatic rings. The van der Waals surface area contributed by atoms with Gasteiger partial charge in [0, 0.05) is 46.2 Å². The zero-order chi connectivity index (χ0) is 14.8. The Kier molecular flexibility index (Phi) is 5.04. The summed E-state index contributed by atoms with van der Waals surface area (Å²) in [4.78, 5) is 13.1. The van der Waals surface area contributed by atoms with Crippen LogP contribution in [0, 0.1) is 5.92 Å². The molecular formula is C13H25N3O3S. The summed E-state index contributed by atoms with van der Waals surface area (Å²) < 4.78 is 28.5. The zero-order valence-electron chi connectivity index (χ0n) is 12.4. The van der Waals surface area contributed by atoms with Gasteiger partial charge in [-0.05, 0) is 25.2 Å². The molecule has 1 atom stereocenters. The van der Waals surface area contributed by atoms with E-state index in [9.17, 15) is 13.2 Å². The first-order valence-corrected chi connectivity index (χ1v) is 8.81. The van der Waals surface area contributed by atoms with Gasteiger partial charge in [-0.25, -0.2) is 0 Å². The molecule has 2 aliphatic heterocycles. The van der Waals surface area contributed by atoms with Crippen LogP contribution in [-0.2, 0) is 15.0 Å². The molecule has 6 nitrogen and oxygen atoms in total. The van der Waals surface area contributed by atoms with Crippen LogP contribution >= 0.6 is 0 Å². The van der Waals surface area contributed by atoms with Gasteiger partial charge in [-0.15, -0.1) is 0 Å². The molecule has 2 saturated heterocycles. The SMILES string of the molecule is CC(=O)N1CCCN(S(=O)(=O)N2CCC[C@H](C)C2)CC1. The Bertz CT molecular complexity index is 452. The summed E-state index contributed by atoms with van der Waals surface area (Å²) in [7, 11) is -3.36. The monoisotopic (exact) mass is 303 g/mol. The largest absolute Gasteiger partial charge is 0.342 e. The summed E-state index contributed by atoms with van der Waals surface area (Å²) >= 11 is 0. The number of carbonyl (C=O) groups is 1. The first kappa shape index (κ1) is 15.7. The van der Waals surface area contributed by atoms with Gasteiger partial charge in [0.1, 0.15) is 0 Å². The maximum absolute atomic E-state index is 12.7. The van der Waals surface area contributed by atoms with E-state index >= 15 is 0 Å². The fourth-order valence-corrected chi connectivity index (χ4v) is 4.76. The molecule has 0 N–H and O–H groups in total. The van der Waals surface area contributed by atoms with Crippen molar-refractivity contribution in [2.75, 3.05) is 39.3 Å². The molecule has 0 bridgehead atoms. The van der Waals surface area contributed by atoms with Gasteiger partial charge in [-0.2, -0.15) is 17.0 Å². The van der Waals surface area contributed by atoms with E-state index in [0.29, 0.717) is 51.6 Å². The molecular weight excluding hydrogens is 278 g/mol. The lowest BCUT2D eigenvalue weighted by Crippen LogP contribution is -2.48. The normalized spacial score (nSPS) is 27.3. The van der Waals surface area contributed by atoms with E-state index in [1.807, 2.05) is 0 Å². The highest BCUT2D eigenvalue weighted by atomic mass is 32.2. The van der Waals surface area contributed by atoms with E-state index < -0.39 is 10.2 Å². The third-order valence-corrected chi connectivity index (χ3v) is 6.17. The second-order valence-corrected chi connectivity index (χ2v) is 7.80. The van der Waals surface area contributed by atoms with Gasteiger partial charge in [-0.3, -0.25) is 4.79 Å². The second-order valence-electron chi connectivity index (χ2n) is 5.87. The van der Waals surface area contributed by atoms with Gasteiger partial charge in [0.15, 0.2) is 0 Å². The zero-order valence-corrected chi connectivity index (χ0v) is 13.2. The number of nitrogens with zero attached hydrogens (tertiary/aromatic N) is 3. The van der Waals surface area contributed by atoms with Crippen LogP contribution in [0.3, 0.4) is 0 Å². The highest BCUT2D eigenvalue weighted by molar-refractivity contribution is 7.86. The summed E-state index contributed by atoms with van der Waals surface area (Å²) in [5.74, 6) is 0.454. The first-order valence-electron chi connectivity index (χ1n) is 7.42. The molecule has 0 aliphatic carbocycles. The molecule has 0 aromatic carbocycles. The van der Waals surface area contributed by atoms with Crippen molar-refractivity contribution in [3.8, 4) is 0 Å². The average Bonchev–Trinajstić information content (AvgIpc) is 2.64. The van der Waals surface area contributed by atoms with E-state index in [-0.39, 0.29) is 5.91 Å². The van der Waals surface area contributed by atoms with Crippen LogP contribution in [0.15, 0.2) is 0 Å². The minimum atomic E-state index is -3.36. The van der Waals surface area contributed by atoms with E-state index in [4.69, 9.17) is 0 Å². The minimum Gasteiger partial charge on any atom is -0.342 e. The highest BCUT2D eigenvalue weighted by Gasteiger charge is 2.33. The third kappa shape index (κ3) is 3.51. The molecule has 2 fully saturated rings. The number of piperidine rings is 1. The van der Waals surface area contributed by atoms with Crippen LogP contribution in [0.4, 0.5) is 0 Å². The Hall–Kier alpha value is -0.660. The van der Waals surface area contributed by atoms with Gasteiger partial charge in [0.2, 0.25) is 5.91 Å². The lowest BCUT2D eigenvalue weighted by molar-refractivity contribution is -0.128. The smallest absolute Gasteiger partial charge is 0.282 e. The molecule has 0 unspecified atom stereocenters. The molecule has 7 heteroatoms. The van der Waals surface area contributed by atoms with Gasteiger partial charge < -0.3 is 4.90 Å². The van der Waals surface area contributed by atoms with Crippen LogP contribution in [0.1, 0.15) is 33.1 Å². The van der Waals surface area contributed by atoms with E-state index in [1.54, 1.807) is 13.5 Å². The number of hydrogen-bond donors (Lipinski definition) is 0. The number of rotatable bonds is 2. The Labute approximate surface area is 121 Å². The van der Waals surface area contributed by atoms with Gasteiger partial charge in [0.05, 0.1) is 0 Å². The Morgan fingerprint density at radius 2 is 1.70 bits per heavy atom. The molecule has 0 aromatic heterocycles. The van der Waals surface area contributed by atoms with Crippen LogP contribution in [0.2, 0.25) is 0 Å². The molecule has 0 radical (unpaired) electrons. The molecule has 116 valence electrons. The van der Waals surface area contributed by atoms with Crippen LogP contribution in [0.5, 0.6) is 0 Å². The fraction of sp³-hybridized carbons (Fsp3) is 0.923. The highest BCUT2D eigenvalue weighted by Crippen LogP contribution is 2.21. The van der Waals surface area contributed by atoms with Crippen molar-refractivity contribution in [3.05, 3.63) is 0 Å². The summed E-state index contributed by atoms with van der Waals surface area (Å²) in [6.45, 7) is 6.95. The fourth-order valence-electron chi connectivity index (χ4n) is 2.96. The maximum atomic E-state index is 12.7. The Morgan fingerprint density at radius 1 is 1.00 bits per heavy atom. The summed E-state index contributed by atoms with van der Waals surface area (Å²) in [5.41, 5.74) is 0. The third-order valence-electron chi connectivity index (χ3n) is 4.17. The second kappa shape index (κ2) is 6.41. The van der Waals surface area contributed by atoms with Gasteiger partial charge in [0.25, 0.3) is 10.2 Å². The number of amides is 1. The average molecular weight is 303 g/mol. The van der Waals surface area contributed by atoms with Crippen molar-refractivity contribution >= 4 is 16.1 Å².